The number of benzene rings is 3. The lowest BCUT2D eigenvalue weighted by molar-refractivity contribution is -0.137. The Morgan fingerprint density at radius 2 is 1.55 bits per heavy atom. The largest absolute Gasteiger partial charge is 0.481 e. The number of carbonyl (C=O) groups excluding carboxylic acids is 3. The summed E-state index contributed by atoms with van der Waals surface area (Å²) in [5, 5.41) is 15.4. The molecule has 0 radical (unpaired) electrons. The van der Waals surface area contributed by atoms with Gasteiger partial charge in [-0.2, -0.15) is 0 Å². The smallest absolute Gasteiger partial charge is 0.303 e. The molecule has 5 rings (SSSR count). The van der Waals surface area contributed by atoms with Gasteiger partial charge in [0.2, 0.25) is 17.7 Å². The van der Waals surface area contributed by atoms with Crippen molar-refractivity contribution in [1.82, 2.24) is 15.1 Å². The molecule has 2 aliphatic rings. The third-order valence-electron chi connectivity index (χ3n) is 11.1. The molecule has 1 aliphatic carbocycles. The van der Waals surface area contributed by atoms with Crippen LogP contribution >= 0.6 is 11.6 Å². The number of nitrogens with one attached hydrogen (secondary N) is 2. The Balaban J connectivity index is 0.000000284. The van der Waals surface area contributed by atoms with Gasteiger partial charge in [0.1, 0.15) is 0 Å². The predicted octanol–water partition coefficient (Wildman–Crippen LogP) is 8.73. The standard InChI is InChI=1S/C29H40ClN3O2.C16H19NO3/c1-5-21(2)23-8-12-25(13-9-23)31-27(34)14-15-28(35)32-26-16-18-29(19-17-26,33(3)4)20-22-6-10-24(30)11-7-22;18-15(7-4-8-16(19)20)17-11-9-14(10-12-17)13-5-2-1-3-6-13/h6-13,21,26H,5,14-20H2,1-4H3,(H,31,34)(H,32,35);1-3,5-6,9H,4,7-8,10-12H2,(H,19,20). The fraction of sp³-hybridized carbons (Fsp3) is 0.467. The van der Waals surface area contributed by atoms with Crippen LogP contribution in [0.25, 0.3) is 5.57 Å². The fourth-order valence-electron chi connectivity index (χ4n) is 7.30. The summed E-state index contributed by atoms with van der Waals surface area (Å²) >= 11 is 6.05. The van der Waals surface area contributed by atoms with Crippen LogP contribution in [0.1, 0.15) is 107 Å². The van der Waals surface area contributed by atoms with Gasteiger partial charge in [-0.05, 0) is 118 Å². The van der Waals surface area contributed by atoms with E-state index >= 15 is 0 Å². The molecule has 1 heterocycles. The van der Waals surface area contributed by atoms with Crippen LogP contribution in [0.15, 0.2) is 84.9 Å². The monoisotopic (exact) mass is 770 g/mol. The number of amides is 3. The summed E-state index contributed by atoms with van der Waals surface area (Å²) in [6.45, 7) is 5.69. The molecule has 1 fully saturated rings. The van der Waals surface area contributed by atoms with E-state index in [0.717, 1.165) is 55.7 Å². The molecule has 0 saturated heterocycles. The van der Waals surface area contributed by atoms with Crippen molar-refractivity contribution in [2.75, 3.05) is 32.5 Å². The van der Waals surface area contributed by atoms with E-state index in [1.54, 1.807) is 4.90 Å². The summed E-state index contributed by atoms with van der Waals surface area (Å²) in [6.07, 6.45) is 10.1. The number of anilines is 1. The van der Waals surface area contributed by atoms with E-state index in [2.05, 4.69) is 86.0 Å². The van der Waals surface area contributed by atoms with Crippen molar-refractivity contribution in [2.45, 2.75) is 108 Å². The number of aliphatic carboxylic acids is 1. The maximum atomic E-state index is 12.5. The number of rotatable bonds is 15. The molecule has 10 heteroatoms. The van der Waals surface area contributed by atoms with Crippen LogP contribution in [0.5, 0.6) is 0 Å². The average Bonchev–Trinajstić information content (AvgIpc) is 3.19. The van der Waals surface area contributed by atoms with Gasteiger partial charge in [-0.25, -0.2) is 0 Å². The Bertz CT molecular complexity index is 1720. The van der Waals surface area contributed by atoms with Crippen molar-refractivity contribution < 1.29 is 24.3 Å². The summed E-state index contributed by atoms with van der Waals surface area (Å²) in [5.41, 5.74) is 5.90. The van der Waals surface area contributed by atoms with Crippen molar-refractivity contribution >= 4 is 46.6 Å². The van der Waals surface area contributed by atoms with Crippen molar-refractivity contribution in [3.05, 3.63) is 107 Å². The number of nitrogens with zero attached hydrogens (tertiary/aromatic N) is 2. The van der Waals surface area contributed by atoms with E-state index in [1.165, 1.54) is 22.3 Å². The van der Waals surface area contributed by atoms with Gasteiger partial charge in [0.05, 0.1) is 0 Å². The molecule has 3 amide bonds. The number of carboxylic acids is 1. The van der Waals surface area contributed by atoms with Crippen LogP contribution in [0.4, 0.5) is 5.69 Å². The highest BCUT2D eigenvalue weighted by Gasteiger charge is 2.37. The molecule has 0 bridgehead atoms. The molecular formula is C45H59ClN4O5. The van der Waals surface area contributed by atoms with Crippen molar-refractivity contribution in [2.24, 2.45) is 0 Å². The number of carboxylic acid groups (broad SMARTS) is 1. The Labute approximate surface area is 332 Å². The van der Waals surface area contributed by atoms with Crippen LogP contribution in [-0.4, -0.2) is 77.4 Å². The lowest BCUT2D eigenvalue weighted by Gasteiger charge is -2.45. The zero-order valence-electron chi connectivity index (χ0n) is 33.0. The Kier molecular flexibility index (Phi) is 17.0. The summed E-state index contributed by atoms with van der Waals surface area (Å²) in [7, 11) is 4.29. The van der Waals surface area contributed by atoms with Gasteiger partial charge in [0.15, 0.2) is 0 Å². The molecule has 3 aromatic rings. The molecular weight excluding hydrogens is 712 g/mol. The van der Waals surface area contributed by atoms with E-state index < -0.39 is 5.97 Å². The third-order valence-corrected chi connectivity index (χ3v) is 11.4. The third kappa shape index (κ3) is 14.0. The molecule has 1 unspecified atom stereocenters. The number of likely N-dealkylation sites (N-methyl/N-ethyl adjacent to an activating group) is 1. The minimum absolute atomic E-state index is 0.0488. The van der Waals surface area contributed by atoms with Gasteiger partial charge in [-0.15, -0.1) is 0 Å². The second kappa shape index (κ2) is 21.6. The lowest BCUT2D eigenvalue weighted by Crippen LogP contribution is -2.52. The first-order chi connectivity index (χ1) is 26.4. The van der Waals surface area contributed by atoms with Crippen molar-refractivity contribution in [1.29, 1.82) is 0 Å². The molecule has 1 saturated carbocycles. The fourth-order valence-corrected chi connectivity index (χ4v) is 7.43. The zero-order chi connectivity index (χ0) is 39.8. The molecule has 0 aromatic heterocycles. The molecule has 3 N–H and O–H groups in total. The van der Waals surface area contributed by atoms with Crippen LogP contribution in [0.3, 0.4) is 0 Å². The molecule has 55 heavy (non-hydrogen) atoms. The van der Waals surface area contributed by atoms with Crippen LogP contribution in [-0.2, 0) is 25.6 Å². The lowest BCUT2D eigenvalue weighted by atomic mass is 9.75. The Hall–Kier alpha value is -4.47. The number of hydrogen-bond acceptors (Lipinski definition) is 5. The van der Waals surface area contributed by atoms with Gasteiger partial charge in [0.25, 0.3) is 0 Å². The Morgan fingerprint density at radius 3 is 2.13 bits per heavy atom. The van der Waals surface area contributed by atoms with Crippen LogP contribution in [0.2, 0.25) is 5.02 Å². The summed E-state index contributed by atoms with van der Waals surface area (Å²) in [4.78, 5) is 51.3. The van der Waals surface area contributed by atoms with Gasteiger partial charge >= 0.3 is 5.97 Å². The predicted molar refractivity (Wildman–Crippen MR) is 222 cm³/mol. The van der Waals surface area contributed by atoms with E-state index in [0.29, 0.717) is 31.8 Å². The number of hydrogen-bond donors (Lipinski definition) is 3. The van der Waals surface area contributed by atoms with E-state index in [-0.39, 0.29) is 48.6 Å². The summed E-state index contributed by atoms with van der Waals surface area (Å²) < 4.78 is 0. The number of halogens is 1. The zero-order valence-corrected chi connectivity index (χ0v) is 33.7. The van der Waals surface area contributed by atoms with E-state index in [1.807, 2.05) is 42.5 Å². The van der Waals surface area contributed by atoms with Crippen LogP contribution < -0.4 is 10.6 Å². The molecule has 3 aromatic carbocycles. The molecule has 1 aliphatic heterocycles. The second-order valence-electron chi connectivity index (χ2n) is 15.2. The highest BCUT2D eigenvalue weighted by atomic mass is 35.5. The first kappa shape index (κ1) is 43.3. The normalized spacial score (nSPS) is 18.7. The van der Waals surface area contributed by atoms with E-state index in [9.17, 15) is 19.2 Å². The van der Waals surface area contributed by atoms with Crippen molar-refractivity contribution in [3.63, 3.8) is 0 Å². The van der Waals surface area contributed by atoms with Gasteiger partial charge in [-0.3, -0.25) is 19.2 Å². The van der Waals surface area contributed by atoms with Crippen LogP contribution in [0, 0.1) is 0 Å². The second-order valence-corrected chi connectivity index (χ2v) is 15.6. The van der Waals surface area contributed by atoms with Crippen molar-refractivity contribution in [3.8, 4) is 0 Å². The highest BCUT2D eigenvalue weighted by Crippen LogP contribution is 2.36. The quantitative estimate of drug-likeness (QED) is 0.142. The van der Waals surface area contributed by atoms with Gasteiger partial charge < -0.3 is 25.5 Å². The topological polar surface area (TPSA) is 119 Å². The summed E-state index contributed by atoms with van der Waals surface area (Å²) in [5.74, 6) is -0.470. The maximum absolute atomic E-state index is 12.5. The molecule has 296 valence electrons. The highest BCUT2D eigenvalue weighted by molar-refractivity contribution is 6.30. The SMILES string of the molecule is CCC(C)c1ccc(NC(=O)CCC(=O)NC2CCC(Cc3ccc(Cl)cc3)(N(C)C)CC2)cc1.O=C(O)CCCC(=O)N1CC=C(c2ccccc2)CC1. The van der Waals surface area contributed by atoms with Gasteiger partial charge in [-0.1, -0.05) is 86.1 Å². The average molecular weight is 771 g/mol. The first-order valence-corrected chi connectivity index (χ1v) is 20.1. The molecule has 1 atom stereocenters. The molecule has 9 nitrogen and oxygen atoms in total. The minimum atomic E-state index is -0.845. The van der Waals surface area contributed by atoms with Gasteiger partial charge in [0, 0.05) is 61.1 Å². The summed E-state index contributed by atoms with van der Waals surface area (Å²) in [6, 6.07) is 26.4. The Morgan fingerprint density at radius 1 is 0.891 bits per heavy atom. The minimum Gasteiger partial charge on any atom is -0.481 e. The maximum Gasteiger partial charge on any atom is 0.303 e. The molecule has 0 spiro atoms. The number of carbonyl (C=O) groups is 4. The van der Waals surface area contributed by atoms with E-state index in [4.69, 9.17) is 16.7 Å². The first-order valence-electron chi connectivity index (χ1n) is 19.7.